The van der Waals surface area contributed by atoms with Crippen LogP contribution in [-0.2, 0) is 0 Å². The summed E-state index contributed by atoms with van der Waals surface area (Å²) in [5.74, 6) is 1.08. The molecular weight excluding hydrogens is 224 g/mol. The van der Waals surface area contributed by atoms with E-state index in [0.29, 0.717) is 0 Å². The van der Waals surface area contributed by atoms with Gasteiger partial charge >= 0.3 is 0 Å². The minimum absolute atomic E-state index is 1.08. The van der Waals surface area contributed by atoms with Gasteiger partial charge in [-0.15, -0.1) is 11.8 Å². The highest BCUT2D eigenvalue weighted by Gasteiger charge is 2.06. The second kappa shape index (κ2) is 5.74. The van der Waals surface area contributed by atoms with E-state index in [1.165, 1.54) is 16.0 Å². The van der Waals surface area contributed by atoms with Crippen LogP contribution in [0.1, 0.15) is 18.1 Å². The van der Waals surface area contributed by atoms with Crippen molar-refractivity contribution in [2.45, 2.75) is 11.8 Å². The van der Waals surface area contributed by atoms with E-state index in [1.807, 2.05) is 17.8 Å². The molecule has 0 N–H and O–H groups in total. The number of thioether (sulfide) groups is 1. The molecule has 0 saturated carbocycles. The van der Waals surface area contributed by atoms with E-state index in [-0.39, 0.29) is 0 Å². The van der Waals surface area contributed by atoms with E-state index in [1.54, 1.807) is 0 Å². The Bertz CT molecular complexity index is 500. The Morgan fingerprint density at radius 1 is 1.00 bits per heavy atom. The zero-order chi connectivity index (χ0) is 12.1. The fourth-order valence-electron chi connectivity index (χ4n) is 1.79. The van der Waals surface area contributed by atoms with Crippen LogP contribution in [0.15, 0.2) is 66.1 Å². The smallest absolute Gasteiger partial charge is 0.0150 e. The van der Waals surface area contributed by atoms with Crippen molar-refractivity contribution in [3.63, 3.8) is 0 Å². The van der Waals surface area contributed by atoms with Crippen LogP contribution in [0.4, 0.5) is 0 Å². The minimum Gasteiger partial charge on any atom is -0.126 e. The molecule has 0 amide bonds. The highest BCUT2D eigenvalue weighted by molar-refractivity contribution is 7.99. The van der Waals surface area contributed by atoms with E-state index >= 15 is 0 Å². The normalized spacial score (nSPS) is 10.2. The predicted molar refractivity (Wildman–Crippen MR) is 77.4 cm³/mol. The summed E-state index contributed by atoms with van der Waals surface area (Å²) >= 11 is 1.86. The molecule has 0 aliphatic rings. The summed E-state index contributed by atoms with van der Waals surface area (Å²) < 4.78 is 0. The molecule has 0 aromatic heterocycles. The summed E-state index contributed by atoms with van der Waals surface area (Å²) in [5.41, 5.74) is 3.53. The van der Waals surface area contributed by atoms with E-state index in [4.69, 9.17) is 0 Å². The van der Waals surface area contributed by atoms with Gasteiger partial charge in [0.1, 0.15) is 0 Å². The molecule has 0 atom stereocenters. The van der Waals surface area contributed by atoms with Gasteiger partial charge in [0.05, 0.1) is 0 Å². The third-order valence-electron chi connectivity index (χ3n) is 2.63. The molecule has 0 radical (unpaired) electrons. The van der Waals surface area contributed by atoms with Crippen LogP contribution in [0.25, 0.3) is 5.57 Å². The SMILES string of the molecule is C=C(c1ccccc1)c1ccccc1SCC. The van der Waals surface area contributed by atoms with E-state index in [9.17, 15) is 0 Å². The highest BCUT2D eigenvalue weighted by atomic mass is 32.2. The topological polar surface area (TPSA) is 0 Å². The van der Waals surface area contributed by atoms with Crippen molar-refractivity contribution < 1.29 is 0 Å². The van der Waals surface area contributed by atoms with Gasteiger partial charge in [0.2, 0.25) is 0 Å². The highest BCUT2D eigenvalue weighted by Crippen LogP contribution is 2.30. The van der Waals surface area contributed by atoms with Crippen LogP contribution in [-0.4, -0.2) is 5.75 Å². The van der Waals surface area contributed by atoms with Gasteiger partial charge in [0, 0.05) is 4.90 Å². The minimum atomic E-state index is 1.08. The average molecular weight is 240 g/mol. The molecule has 2 rings (SSSR count). The van der Waals surface area contributed by atoms with Crippen LogP contribution in [0.5, 0.6) is 0 Å². The first-order valence-corrected chi connectivity index (χ1v) is 6.78. The summed E-state index contributed by atoms with van der Waals surface area (Å²) in [6.45, 7) is 6.40. The molecule has 0 bridgehead atoms. The second-order valence-electron chi connectivity index (χ2n) is 3.77. The Kier molecular flexibility index (Phi) is 4.05. The Hall–Kier alpha value is -1.47. The molecule has 0 saturated heterocycles. The molecule has 0 spiro atoms. The van der Waals surface area contributed by atoms with Crippen LogP contribution in [0.2, 0.25) is 0 Å². The molecule has 17 heavy (non-hydrogen) atoms. The van der Waals surface area contributed by atoms with E-state index in [2.05, 4.69) is 62.0 Å². The fraction of sp³-hybridized carbons (Fsp3) is 0.125. The van der Waals surface area contributed by atoms with Crippen LogP contribution in [0, 0.1) is 0 Å². The molecule has 2 aromatic rings. The number of rotatable bonds is 4. The summed E-state index contributed by atoms with van der Waals surface area (Å²) in [7, 11) is 0. The lowest BCUT2D eigenvalue weighted by molar-refractivity contribution is 1.37. The van der Waals surface area contributed by atoms with Crippen molar-refractivity contribution >= 4 is 17.3 Å². The maximum absolute atomic E-state index is 4.22. The summed E-state index contributed by atoms with van der Waals surface area (Å²) in [5, 5.41) is 0. The van der Waals surface area contributed by atoms with Gasteiger partial charge in [-0.3, -0.25) is 0 Å². The molecule has 1 heteroatoms. The summed E-state index contributed by atoms with van der Waals surface area (Å²) in [6, 6.07) is 18.8. The van der Waals surface area contributed by atoms with Crippen molar-refractivity contribution in [2.24, 2.45) is 0 Å². The Balaban J connectivity index is 2.37. The molecule has 0 heterocycles. The van der Waals surface area contributed by atoms with E-state index in [0.717, 1.165) is 11.3 Å². The molecule has 0 fully saturated rings. The standard InChI is InChI=1S/C16H16S/c1-3-17-16-12-8-7-11-15(16)13(2)14-9-5-4-6-10-14/h4-12H,2-3H2,1H3. The number of hydrogen-bond donors (Lipinski definition) is 0. The molecular formula is C16H16S. The first kappa shape index (κ1) is 12.0. The third-order valence-corrected chi connectivity index (χ3v) is 3.59. The van der Waals surface area contributed by atoms with Crippen molar-refractivity contribution in [3.8, 4) is 0 Å². The average Bonchev–Trinajstić information content (AvgIpc) is 2.40. The maximum Gasteiger partial charge on any atom is 0.0150 e. The Morgan fingerprint density at radius 2 is 1.65 bits per heavy atom. The first-order valence-electron chi connectivity index (χ1n) is 5.79. The zero-order valence-electron chi connectivity index (χ0n) is 10.0. The molecule has 0 aliphatic carbocycles. The first-order chi connectivity index (χ1) is 8.33. The van der Waals surface area contributed by atoms with E-state index < -0.39 is 0 Å². The number of hydrogen-bond acceptors (Lipinski definition) is 1. The maximum atomic E-state index is 4.22. The van der Waals surface area contributed by atoms with Crippen molar-refractivity contribution in [1.29, 1.82) is 0 Å². The molecule has 0 unspecified atom stereocenters. The Morgan fingerprint density at radius 3 is 2.35 bits per heavy atom. The second-order valence-corrected chi connectivity index (χ2v) is 5.08. The van der Waals surface area contributed by atoms with Crippen LogP contribution in [0.3, 0.4) is 0 Å². The van der Waals surface area contributed by atoms with Gasteiger partial charge in [-0.25, -0.2) is 0 Å². The van der Waals surface area contributed by atoms with Crippen molar-refractivity contribution in [3.05, 3.63) is 72.3 Å². The largest absolute Gasteiger partial charge is 0.126 e. The lowest BCUT2D eigenvalue weighted by Gasteiger charge is -2.11. The van der Waals surface area contributed by atoms with Gasteiger partial charge in [-0.1, -0.05) is 62.0 Å². The van der Waals surface area contributed by atoms with Crippen molar-refractivity contribution in [1.82, 2.24) is 0 Å². The van der Waals surface area contributed by atoms with Crippen molar-refractivity contribution in [2.75, 3.05) is 5.75 Å². The van der Waals surface area contributed by atoms with Gasteiger partial charge in [0.15, 0.2) is 0 Å². The van der Waals surface area contributed by atoms with Gasteiger partial charge in [-0.2, -0.15) is 0 Å². The summed E-state index contributed by atoms with van der Waals surface area (Å²) in [6.07, 6.45) is 0. The van der Waals surface area contributed by atoms with Gasteiger partial charge < -0.3 is 0 Å². The summed E-state index contributed by atoms with van der Waals surface area (Å²) in [4.78, 5) is 1.31. The quantitative estimate of drug-likeness (QED) is 0.688. The lowest BCUT2D eigenvalue weighted by Crippen LogP contribution is -1.89. The molecule has 0 aliphatic heterocycles. The lowest BCUT2D eigenvalue weighted by atomic mass is 10.00. The molecule has 0 nitrogen and oxygen atoms in total. The van der Waals surface area contributed by atoms with Gasteiger partial charge in [0.25, 0.3) is 0 Å². The van der Waals surface area contributed by atoms with Gasteiger partial charge in [-0.05, 0) is 28.5 Å². The molecule has 86 valence electrons. The Labute approximate surface area is 107 Å². The third kappa shape index (κ3) is 2.80. The number of benzene rings is 2. The fourth-order valence-corrected chi connectivity index (χ4v) is 2.62. The van der Waals surface area contributed by atoms with Crippen LogP contribution >= 0.6 is 11.8 Å². The van der Waals surface area contributed by atoms with Crippen LogP contribution < -0.4 is 0 Å². The predicted octanol–water partition coefficient (Wildman–Crippen LogP) is 4.86. The monoisotopic (exact) mass is 240 g/mol. The zero-order valence-corrected chi connectivity index (χ0v) is 10.8. The molecule has 2 aromatic carbocycles.